The molecule has 2 aromatic rings. The highest BCUT2D eigenvalue weighted by molar-refractivity contribution is 9.08. The Hall–Kier alpha value is -1.36. The van der Waals surface area contributed by atoms with Gasteiger partial charge in [-0.2, -0.15) is 0 Å². The molecule has 0 aliphatic rings. The fourth-order valence-corrected chi connectivity index (χ4v) is 1.50. The highest BCUT2D eigenvalue weighted by Crippen LogP contribution is 2.16. The van der Waals surface area contributed by atoms with Crippen molar-refractivity contribution in [3.05, 3.63) is 40.4 Å². The van der Waals surface area contributed by atoms with Crippen molar-refractivity contribution >= 4 is 15.9 Å². The van der Waals surface area contributed by atoms with Gasteiger partial charge in [0.05, 0.1) is 0 Å². The summed E-state index contributed by atoms with van der Waals surface area (Å²) in [7, 11) is 0. The fourth-order valence-electron chi connectivity index (χ4n) is 1.16. The second-order valence-corrected chi connectivity index (χ2v) is 3.34. The highest BCUT2D eigenvalue weighted by atomic mass is 79.9. The summed E-state index contributed by atoms with van der Waals surface area (Å²) in [6, 6.07) is 7.68. The molecule has 0 saturated heterocycles. The molecule has 1 aromatic carbocycles. The zero-order valence-corrected chi connectivity index (χ0v) is 8.74. The molecule has 0 spiro atoms. The predicted molar refractivity (Wildman–Crippen MR) is 55.2 cm³/mol. The quantitative estimate of drug-likeness (QED) is 0.834. The summed E-state index contributed by atoms with van der Waals surface area (Å²) in [6.45, 7) is 0. The number of nitrogens with zero attached hydrogens (tertiary/aromatic N) is 1. The number of benzene rings is 1. The first-order valence-corrected chi connectivity index (χ1v) is 5.13. The summed E-state index contributed by atoms with van der Waals surface area (Å²) in [5, 5.41) is 4.37. The molecule has 14 heavy (non-hydrogen) atoms. The van der Waals surface area contributed by atoms with Gasteiger partial charge in [-0.25, -0.2) is 4.79 Å². The van der Waals surface area contributed by atoms with E-state index in [-0.39, 0.29) is 0 Å². The molecule has 1 aromatic heterocycles. The minimum Gasteiger partial charge on any atom is -0.296 e. The molecule has 0 bridgehead atoms. The first-order chi connectivity index (χ1) is 6.79. The van der Waals surface area contributed by atoms with E-state index in [9.17, 15) is 4.79 Å². The van der Waals surface area contributed by atoms with Crippen LogP contribution in [-0.2, 0) is 5.33 Å². The van der Waals surface area contributed by atoms with Gasteiger partial charge in [-0.1, -0.05) is 39.3 Å². The number of alkyl halides is 1. The van der Waals surface area contributed by atoms with Gasteiger partial charge in [0.25, 0.3) is 0 Å². The third kappa shape index (κ3) is 1.77. The van der Waals surface area contributed by atoms with Gasteiger partial charge in [0.15, 0.2) is 5.82 Å². The number of hydrogen-bond acceptors (Lipinski definition) is 3. The number of hydrogen-bond donors (Lipinski definition) is 1. The van der Waals surface area contributed by atoms with Crippen LogP contribution in [0.1, 0.15) is 5.56 Å². The SMILES string of the molecule is O=c1[nH]c(-c2cccc(CBr)c2)no1. The smallest absolute Gasteiger partial charge is 0.296 e. The first-order valence-electron chi connectivity index (χ1n) is 4.01. The summed E-state index contributed by atoms with van der Waals surface area (Å²) >= 11 is 3.35. The molecular formula is C9H7BrN2O2. The van der Waals surface area contributed by atoms with E-state index in [0.29, 0.717) is 5.82 Å². The molecule has 1 N–H and O–H groups in total. The molecular weight excluding hydrogens is 248 g/mol. The molecule has 4 nitrogen and oxygen atoms in total. The number of halogens is 1. The zero-order chi connectivity index (χ0) is 9.97. The van der Waals surface area contributed by atoms with Crippen LogP contribution in [0.3, 0.4) is 0 Å². The molecule has 0 amide bonds. The number of aromatic amines is 1. The predicted octanol–water partition coefficient (Wildman–Crippen LogP) is 1.92. The summed E-state index contributed by atoms with van der Waals surface area (Å²) in [6.07, 6.45) is 0. The molecule has 0 aliphatic carbocycles. The van der Waals surface area contributed by atoms with Crippen molar-refractivity contribution in [1.82, 2.24) is 10.1 Å². The Labute approximate surface area is 88.1 Å². The fraction of sp³-hybridized carbons (Fsp3) is 0.111. The number of rotatable bonds is 2. The summed E-state index contributed by atoms with van der Waals surface area (Å²) in [5.41, 5.74) is 1.96. The molecule has 2 rings (SSSR count). The monoisotopic (exact) mass is 254 g/mol. The Balaban J connectivity index is 2.46. The van der Waals surface area contributed by atoms with Gasteiger partial charge < -0.3 is 0 Å². The molecule has 0 fully saturated rings. The third-order valence-corrected chi connectivity index (χ3v) is 2.44. The molecule has 0 unspecified atom stereocenters. The van der Waals surface area contributed by atoms with Crippen molar-refractivity contribution in [2.75, 3.05) is 0 Å². The average molecular weight is 255 g/mol. The van der Waals surface area contributed by atoms with Crippen LogP contribution in [0.4, 0.5) is 0 Å². The minimum atomic E-state index is -0.538. The lowest BCUT2D eigenvalue weighted by Crippen LogP contribution is -1.94. The van der Waals surface area contributed by atoms with E-state index in [1.807, 2.05) is 24.3 Å². The molecule has 0 radical (unpaired) electrons. The van der Waals surface area contributed by atoms with E-state index in [2.05, 4.69) is 30.6 Å². The maximum absolute atomic E-state index is 10.7. The van der Waals surface area contributed by atoms with E-state index in [0.717, 1.165) is 16.5 Å². The summed E-state index contributed by atoms with van der Waals surface area (Å²) < 4.78 is 4.42. The lowest BCUT2D eigenvalue weighted by Gasteiger charge is -1.97. The van der Waals surface area contributed by atoms with Crippen LogP contribution in [0.15, 0.2) is 33.6 Å². The van der Waals surface area contributed by atoms with Crippen molar-refractivity contribution in [3.8, 4) is 11.4 Å². The maximum atomic E-state index is 10.7. The molecule has 0 saturated carbocycles. The van der Waals surface area contributed by atoms with Crippen molar-refractivity contribution in [1.29, 1.82) is 0 Å². The topological polar surface area (TPSA) is 58.9 Å². The second-order valence-electron chi connectivity index (χ2n) is 2.78. The molecule has 72 valence electrons. The Kier molecular flexibility index (Phi) is 2.49. The van der Waals surface area contributed by atoms with E-state index in [4.69, 9.17) is 0 Å². The van der Waals surface area contributed by atoms with Gasteiger partial charge in [-0.05, 0) is 11.6 Å². The Bertz CT molecular complexity index is 489. The average Bonchev–Trinajstić information content (AvgIpc) is 2.65. The molecule has 1 heterocycles. The highest BCUT2D eigenvalue weighted by Gasteiger charge is 2.03. The van der Waals surface area contributed by atoms with Crippen molar-refractivity contribution in [2.24, 2.45) is 0 Å². The van der Waals surface area contributed by atoms with Crippen LogP contribution < -0.4 is 5.76 Å². The molecule has 0 aliphatic heterocycles. The van der Waals surface area contributed by atoms with E-state index in [1.54, 1.807) is 0 Å². The minimum absolute atomic E-state index is 0.456. The summed E-state index contributed by atoms with van der Waals surface area (Å²) in [4.78, 5) is 13.2. The van der Waals surface area contributed by atoms with Crippen LogP contribution in [0, 0.1) is 0 Å². The standard InChI is InChI=1S/C9H7BrN2O2/c10-5-6-2-1-3-7(4-6)8-11-9(13)14-12-8/h1-4H,5H2,(H,11,12,13). The van der Waals surface area contributed by atoms with Crippen LogP contribution >= 0.6 is 15.9 Å². The Morgan fingerprint density at radius 2 is 2.36 bits per heavy atom. The lowest BCUT2D eigenvalue weighted by molar-refractivity contribution is 0.388. The molecule has 0 atom stereocenters. The van der Waals surface area contributed by atoms with Crippen molar-refractivity contribution < 1.29 is 4.52 Å². The second kappa shape index (κ2) is 3.79. The third-order valence-electron chi connectivity index (χ3n) is 1.80. The number of H-pyrrole nitrogens is 1. The van der Waals surface area contributed by atoms with Crippen molar-refractivity contribution in [3.63, 3.8) is 0 Å². The molecule has 5 heteroatoms. The largest absolute Gasteiger partial charge is 0.439 e. The Morgan fingerprint density at radius 1 is 1.50 bits per heavy atom. The maximum Gasteiger partial charge on any atom is 0.439 e. The van der Waals surface area contributed by atoms with Crippen LogP contribution in [-0.4, -0.2) is 10.1 Å². The normalized spacial score (nSPS) is 10.4. The van der Waals surface area contributed by atoms with Gasteiger partial charge in [0.2, 0.25) is 0 Å². The van der Waals surface area contributed by atoms with Gasteiger partial charge in [0, 0.05) is 10.9 Å². The Morgan fingerprint density at radius 3 is 3.00 bits per heavy atom. The van der Waals surface area contributed by atoms with Crippen molar-refractivity contribution in [2.45, 2.75) is 5.33 Å². The van der Waals surface area contributed by atoms with Crippen LogP contribution in [0.2, 0.25) is 0 Å². The van der Waals surface area contributed by atoms with E-state index in [1.165, 1.54) is 0 Å². The number of nitrogens with one attached hydrogen (secondary N) is 1. The van der Waals surface area contributed by atoms with Crippen LogP contribution in [0.25, 0.3) is 11.4 Å². The lowest BCUT2D eigenvalue weighted by atomic mass is 10.1. The summed E-state index contributed by atoms with van der Waals surface area (Å²) in [5.74, 6) is -0.0814. The van der Waals surface area contributed by atoms with Gasteiger partial charge in [0.1, 0.15) is 0 Å². The zero-order valence-electron chi connectivity index (χ0n) is 7.16. The van der Waals surface area contributed by atoms with Gasteiger partial charge in [-0.15, -0.1) is 0 Å². The van der Waals surface area contributed by atoms with E-state index >= 15 is 0 Å². The van der Waals surface area contributed by atoms with Gasteiger partial charge in [-0.3, -0.25) is 9.51 Å². The van der Waals surface area contributed by atoms with E-state index < -0.39 is 5.76 Å². The number of aromatic nitrogens is 2. The van der Waals surface area contributed by atoms with Gasteiger partial charge >= 0.3 is 5.76 Å². The first kappa shape index (κ1) is 9.21. The van der Waals surface area contributed by atoms with Crippen LogP contribution in [0.5, 0.6) is 0 Å².